The summed E-state index contributed by atoms with van der Waals surface area (Å²) in [6.45, 7) is 0.187. The molecule has 0 amide bonds. The van der Waals surface area contributed by atoms with E-state index in [1.165, 1.54) is 48.6 Å². The second-order valence-electron chi connectivity index (χ2n) is 12.6. The first-order valence-electron chi connectivity index (χ1n) is 15.3. The Bertz CT molecular complexity index is 1120. The van der Waals surface area contributed by atoms with E-state index in [0.717, 1.165) is 0 Å². The maximum Gasteiger partial charge on any atom is 0.111 e. The van der Waals surface area contributed by atoms with Crippen LogP contribution in [-0.4, -0.2) is 168 Å². The SMILES string of the molecule is O[C@H]1[C@H](O)[C@@H](N(Cc2ccc(CN([C@H]3C=C[C@@H](O)[C@@H](O)[C@@H]3O)[C@H]3C=C[C@@H](O)[C@@H](O)[C@@H]3O)cc2)[C@H]2C=C[C@@H](O)[C@@H](O)[C@@H]2O)C=C[C@H]1O. The van der Waals surface area contributed by atoms with E-state index >= 15 is 0 Å². The Morgan fingerprint density at radius 3 is 0.761 bits per heavy atom. The number of hydrogen-bond acceptors (Lipinski definition) is 14. The zero-order valence-electron chi connectivity index (χ0n) is 24.8. The molecule has 1 aromatic carbocycles. The molecule has 254 valence electrons. The van der Waals surface area contributed by atoms with Gasteiger partial charge in [-0.25, -0.2) is 0 Å². The second kappa shape index (κ2) is 14.4. The summed E-state index contributed by atoms with van der Waals surface area (Å²) < 4.78 is 0. The molecule has 5 rings (SSSR count). The Balaban J connectivity index is 1.42. The van der Waals surface area contributed by atoms with E-state index in [1.807, 2.05) is 0 Å². The summed E-state index contributed by atoms with van der Waals surface area (Å²) in [6.07, 6.45) is -5.55. The summed E-state index contributed by atoms with van der Waals surface area (Å²) in [5, 5.41) is 125. The highest BCUT2D eigenvalue weighted by Gasteiger charge is 2.45. The number of hydrogen-bond donors (Lipinski definition) is 12. The van der Waals surface area contributed by atoms with Crippen molar-refractivity contribution in [2.24, 2.45) is 0 Å². The molecule has 0 aliphatic heterocycles. The maximum atomic E-state index is 10.9. The highest BCUT2D eigenvalue weighted by Crippen LogP contribution is 2.30. The summed E-state index contributed by atoms with van der Waals surface area (Å²) in [4.78, 5) is 3.28. The van der Waals surface area contributed by atoms with Gasteiger partial charge in [-0.1, -0.05) is 72.9 Å². The Labute approximate surface area is 265 Å². The standard InChI is InChI=1S/C32H44N2O12/c35-21-9-5-17(25(39)29(21)43)33(18-6-10-22(36)30(44)26(18)40)13-15-1-2-16(4-3-15)14-34(19-7-11-23(37)31(45)27(19)41)20-8-12-24(38)32(46)28(20)42/h1-12,17-32,35-46H,13-14H2/t17-,18-,19-,20-,21+,22+,23+,24+,25+,26+,27+,28+,29+,30+,31+,32+/m0/s1. The fourth-order valence-corrected chi connectivity index (χ4v) is 6.66. The Hall–Kier alpha value is -2.38. The van der Waals surface area contributed by atoms with Crippen LogP contribution in [0.3, 0.4) is 0 Å². The summed E-state index contributed by atoms with van der Waals surface area (Å²) in [7, 11) is 0. The molecule has 16 atom stereocenters. The van der Waals surface area contributed by atoms with E-state index in [1.54, 1.807) is 34.1 Å². The molecule has 0 aromatic heterocycles. The van der Waals surface area contributed by atoms with Crippen molar-refractivity contribution in [2.45, 2.75) is 111 Å². The first-order valence-corrected chi connectivity index (χ1v) is 15.3. The maximum absolute atomic E-state index is 10.9. The van der Waals surface area contributed by atoms with Crippen LogP contribution in [-0.2, 0) is 13.1 Å². The first kappa shape index (κ1) is 34.9. The van der Waals surface area contributed by atoms with E-state index < -0.39 is 97.4 Å². The first-order chi connectivity index (χ1) is 21.8. The summed E-state index contributed by atoms with van der Waals surface area (Å²) in [6, 6.07) is 3.48. The van der Waals surface area contributed by atoms with Crippen molar-refractivity contribution in [1.82, 2.24) is 9.80 Å². The van der Waals surface area contributed by atoms with Crippen molar-refractivity contribution in [3.63, 3.8) is 0 Å². The van der Waals surface area contributed by atoms with Crippen LogP contribution in [0.15, 0.2) is 72.9 Å². The molecule has 0 unspecified atom stereocenters. The molecule has 4 aliphatic carbocycles. The fourth-order valence-electron chi connectivity index (χ4n) is 6.66. The van der Waals surface area contributed by atoms with Crippen LogP contribution in [0, 0.1) is 0 Å². The summed E-state index contributed by atoms with van der Waals surface area (Å²) >= 11 is 0. The normalized spacial score (nSPS) is 44.3. The Kier molecular flexibility index (Phi) is 10.9. The Morgan fingerprint density at radius 1 is 0.326 bits per heavy atom. The van der Waals surface area contributed by atoms with Gasteiger partial charge in [-0.3, -0.25) is 9.80 Å². The highest BCUT2D eigenvalue weighted by atomic mass is 16.4. The molecule has 0 saturated heterocycles. The summed E-state index contributed by atoms with van der Waals surface area (Å²) in [5.74, 6) is 0. The van der Waals surface area contributed by atoms with E-state index in [4.69, 9.17) is 0 Å². The minimum atomic E-state index is -1.50. The predicted octanol–water partition coefficient (Wildman–Crippen LogP) is -4.62. The van der Waals surface area contributed by atoms with Crippen LogP contribution < -0.4 is 0 Å². The lowest BCUT2D eigenvalue weighted by molar-refractivity contribution is -0.111. The lowest BCUT2D eigenvalue weighted by atomic mass is 9.87. The number of aliphatic hydroxyl groups excluding tert-OH is 12. The lowest BCUT2D eigenvalue weighted by Crippen LogP contribution is -2.61. The van der Waals surface area contributed by atoms with Crippen molar-refractivity contribution in [2.75, 3.05) is 0 Å². The molecule has 1 aromatic rings. The van der Waals surface area contributed by atoms with Gasteiger partial charge in [0.25, 0.3) is 0 Å². The molecule has 0 spiro atoms. The van der Waals surface area contributed by atoms with Crippen molar-refractivity contribution in [1.29, 1.82) is 0 Å². The fraction of sp³-hybridized carbons (Fsp3) is 0.562. The Morgan fingerprint density at radius 2 is 0.543 bits per heavy atom. The topological polar surface area (TPSA) is 249 Å². The van der Waals surface area contributed by atoms with Crippen LogP contribution in [0.25, 0.3) is 0 Å². The van der Waals surface area contributed by atoms with Crippen LogP contribution in [0.2, 0.25) is 0 Å². The molecule has 12 N–H and O–H groups in total. The second-order valence-corrected chi connectivity index (χ2v) is 12.6. The molecule has 46 heavy (non-hydrogen) atoms. The number of rotatable bonds is 8. The van der Waals surface area contributed by atoms with Crippen LogP contribution in [0.4, 0.5) is 0 Å². The molecule has 14 nitrogen and oxygen atoms in total. The molecular formula is C32H44N2O12. The molecule has 0 radical (unpaired) electrons. The van der Waals surface area contributed by atoms with Gasteiger partial charge >= 0.3 is 0 Å². The van der Waals surface area contributed by atoms with Gasteiger partial charge in [0.2, 0.25) is 0 Å². The van der Waals surface area contributed by atoms with Gasteiger partial charge in [-0.05, 0) is 11.1 Å². The van der Waals surface area contributed by atoms with E-state index in [-0.39, 0.29) is 13.1 Å². The summed E-state index contributed by atoms with van der Waals surface area (Å²) in [5.41, 5.74) is 1.37. The van der Waals surface area contributed by atoms with Crippen molar-refractivity contribution in [3.05, 3.63) is 84.0 Å². The molecule has 0 saturated carbocycles. The van der Waals surface area contributed by atoms with Crippen LogP contribution in [0.1, 0.15) is 11.1 Å². The van der Waals surface area contributed by atoms with Gasteiger partial charge in [0.05, 0.1) is 24.2 Å². The smallest absolute Gasteiger partial charge is 0.111 e. The van der Waals surface area contributed by atoms with Gasteiger partial charge in [-0.15, -0.1) is 0 Å². The van der Waals surface area contributed by atoms with Gasteiger partial charge in [0, 0.05) is 13.1 Å². The van der Waals surface area contributed by atoms with E-state index in [9.17, 15) is 61.3 Å². The largest absolute Gasteiger partial charge is 0.388 e. The third kappa shape index (κ3) is 6.92. The van der Waals surface area contributed by atoms with Gasteiger partial charge in [0.15, 0.2) is 0 Å². The third-order valence-corrected chi connectivity index (χ3v) is 9.51. The van der Waals surface area contributed by atoms with Gasteiger partial charge in [-0.2, -0.15) is 0 Å². The molecule has 14 heteroatoms. The van der Waals surface area contributed by atoms with Gasteiger partial charge in [0.1, 0.15) is 73.2 Å². The van der Waals surface area contributed by atoms with E-state index in [2.05, 4.69) is 0 Å². The molecule has 4 aliphatic rings. The number of aliphatic hydroxyl groups is 12. The number of benzene rings is 1. The monoisotopic (exact) mass is 648 g/mol. The minimum Gasteiger partial charge on any atom is -0.388 e. The molecule has 0 bridgehead atoms. The number of nitrogens with zero attached hydrogens (tertiary/aromatic N) is 2. The molecule has 0 heterocycles. The zero-order chi connectivity index (χ0) is 33.4. The predicted molar refractivity (Wildman–Crippen MR) is 161 cm³/mol. The third-order valence-electron chi connectivity index (χ3n) is 9.51. The average Bonchev–Trinajstić information content (AvgIpc) is 3.04. The highest BCUT2D eigenvalue weighted by molar-refractivity contribution is 5.26. The molecular weight excluding hydrogens is 604 g/mol. The van der Waals surface area contributed by atoms with Crippen molar-refractivity contribution < 1.29 is 61.3 Å². The van der Waals surface area contributed by atoms with Crippen molar-refractivity contribution in [3.8, 4) is 0 Å². The average molecular weight is 649 g/mol. The zero-order valence-corrected chi connectivity index (χ0v) is 24.8. The van der Waals surface area contributed by atoms with Crippen LogP contribution >= 0.6 is 0 Å². The van der Waals surface area contributed by atoms with Crippen LogP contribution in [0.5, 0.6) is 0 Å². The molecule has 0 fully saturated rings. The van der Waals surface area contributed by atoms with E-state index in [0.29, 0.717) is 11.1 Å². The quantitative estimate of drug-likeness (QED) is 0.119. The minimum absolute atomic E-state index is 0.0933. The van der Waals surface area contributed by atoms with Crippen molar-refractivity contribution >= 4 is 0 Å². The van der Waals surface area contributed by atoms with Gasteiger partial charge < -0.3 is 61.3 Å². The lowest BCUT2D eigenvalue weighted by Gasteiger charge is -2.45.